The van der Waals surface area contributed by atoms with E-state index in [9.17, 15) is 0 Å². The van der Waals surface area contributed by atoms with Gasteiger partial charge < -0.3 is 14.8 Å². The predicted octanol–water partition coefficient (Wildman–Crippen LogP) is 1.86. The lowest BCUT2D eigenvalue weighted by molar-refractivity contribution is 0.0342. The summed E-state index contributed by atoms with van der Waals surface area (Å²) >= 11 is 0. The van der Waals surface area contributed by atoms with Crippen molar-refractivity contribution in [1.82, 2.24) is 5.32 Å². The van der Waals surface area contributed by atoms with Crippen LogP contribution in [-0.4, -0.2) is 33.4 Å². The van der Waals surface area contributed by atoms with Crippen molar-refractivity contribution in [2.45, 2.75) is 18.9 Å². The molecule has 0 bridgehead atoms. The maximum absolute atomic E-state index is 5.57. The van der Waals surface area contributed by atoms with Crippen molar-refractivity contribution in [3.8, 4) is 5.75 Å². The van der Waals surface area contributed by atoms with Crippen LogP contribution < -0.4 is 10.1 Å². The van der Waals surface area contributed by atoms with Gasteiger partial charge in [0.05, 0.1) is 13.7 Å². The normalized spacial score (nSPS) is 24.6. The van der Waals surface area contributed by atoms with Crippen LogP contribution in [0.3, 0.4) is 0 Å². The van der Waals surface area contributed by atoms with Crippen LogP contribution in [0.4, 0.5) is 0 Å². The Kier molecular flexibility index (Phi) is 4.40. The Morgan fingerprint density at radius 3 is 2.76 bits per heavy atom. The fraction of sp³-hybridized carbons (Fsp3) is 0.571. The average molecular weight is 235 g/mol. The SMILES string of the molecule is CN[C@@H]1CCOC[C@H]1Cc1ccc(OC)cc1. The Morgan fingerprint density at radius 1 is 1.35 bits per heavy atom. The molecule has 1 aromatic rings. The van der Waals surface area contributed by atoms with E-state index in [4.69, 9.17) is 9.47 Å². The Morgan fingerprint density at radius 2 is 2.12 bits per heavy atom. The minimum absolute atomic E-state index is 0.571. The third-order valence-electron chi connectivity index (χ3n) is 3.50. The number of hydrogen-bond donors (Lipinski definition) is 1. The smallest absolute Gasteiger partial charge is 0.118 e. The number of hydrogen-bond acceptors (Lipinski definition) is 3. The molecule has 0 radical (unpaired) electrons. The minimum Gasteiger partial charge on any atom is -0.497 e. The third kappa shape index (κ3) is 3.20. The lowest BCUT2D eigenvalue weighted by Crippen LogP contribution is -2.41. The molecule has 0 aromatic heterocycles. The zero-order valence-corrected chi connectivity index (χ0v) is 10.6. The fourth-order valence-electron chi connectivity index (χ4n) is 2.44. The second kappa shape index (κ2) is 6.03. The van der Waals surface area contributed by atoms with Crippen molar-refractivity contribution in [2.24, 2.45) is 5.92 Å². The third-order valence-corrected chi connectivity index (χ3v) is 3.50. The number of methoxy groups -OCH3 is 1. The second-order valence-corrected chi connectivity index (χ2v) is 4.57. The van der Waals surface area contributed by atoms with Gasteiger partial charge in [-0.15, -0.1) is 0 Å². The van der Waals surface area contributed by atoms with E-state index in [1.807, 2.05) is 19.2 Å². The molecule has 1 fully saturated rings. The number of rotatable bonds is 4. The van der Waals surface area contributed by atoms with E-state index in [-0.39, 0.29) is 0 Å². The number of benzene rings is 1. The first kappa shape index (κ1) is 12.4. The Bertz CT molecular complexity index is 337. The summed E-state index contributed by atoms with van der Waals surface area (Å²) in [4.78, 5) is 0. The van der Waals surface area contributed by atoms with Gasteiger partial charge in [-0.1, -0.05) is 12.1 Å². The van der Waals surface area contributed by atoms with Gasteiger partial charge >= 0.3 is 0 Å². The summed E-state index contributed by atoms with van der Waals surface area (Å²) in [5.74, 6) is 1.49. The van der Waals surface area contributed by atoms with Crippen molar-refractivity contribution in [1.29, 1.82) is 0 Å². The number of nitrogens with one attached hydrogen (secondary N) is 1. The maximum Gasteiger partial charge on any atom is 0.118 e. The van der Waals surface area contributed by atoms with Crippen LogP contribution in [0.25, 0.3) is 0 Å². The van der Waals surface area contributed by atoms with Crippen molar-refractivity contribution in [3.63, 3.8) is 0 Å². The lowest BCUT2D eigenvalue weighted by Gasteiger charge is -2.31. The highest BCUT2D eigenvalue weighted by Gasteiger charge is 2.24. The molecule has 2 atom stereocenters. The van der Waals surface area contributed by atoms with Crippen molar-refractivity contribution in [3.05, 3.63) is 29.8 Å². The second-order valence-electron chi connectivity index (χ2n) is 4.57. The molecule has 0 aliphatic carbocycles. The topological polar surface area (TPSA) is 30.5 Å². The van der Waals surface area contributed by atoms with Gasteiger partial charge in [-0.25, -0.2) is 0 Å². The molecule has 1 N–H and O–H groups in total. The molecule has 1 heterocycles. The Hall–Kier alpha value is -1.06. The summed E-state index contributed by atoms with van der Waals surface area (Å²) in [7, 11) is 3.73. The van der Waals surface area contributed by atoms with E-state index in [1.54, 1.807) is 7.11 Å². The van der Waals surface area contributed by atoms with E-state index in [2.05, 4.69) is 17.4 Å². The van der Waals surface area contributed by atoms with E-state index < -0.39 is 0 Å². The first-order chi connectivity index (χ1) is 8.33. The Balaban J connectivity index is 1.98. The molecule has 1 aromatic carbocycles. The maximum atomic E-state index is 5.57. The van der Waals surface area contributed by atoms with Crippen LogP contribution in [0.1, 0.15) is 12.0 Å². The Labute approximate surface area is 103 Å². The summed E-state index contributed by atoms with van der Waals surface area (Å²) in [5, 5.41) is 3.39. The molecule has 0 unspecified atom stereocenters. The van der Waals surface area contributed by atoms with Crippen LogP contribution >= 0.6 is 0 Å². The molecular weight excluding hydrogens is 214 g/mol. The van der Waals surface area contributed by atoms with Crippen molar-refractivity contribution >= 4 is 0 Å². The molecule has 1 aliphatic rings. The van der Waals surface area contributed by atoms with Gasteiger partial charge in [-0.2, -0.15) is 0 Å². The molecule has 0 saturated carbocycles. The van der Waals surface area contributed by atoms with E-state index in [0.717, 1.165) is 31.8 Å². The first-order valence-corrected chi connectivity index (χ1v) is 6.21. The molecule has 1 saturated heterocycles. The molecule has 0 spiro atoms. The van der Waals surface area contributed by atoms with E-state index in [1.165, 1.54) is 5.56 Å². The largest absolute Gasteiger partial charge is 0.497 e. The van der Waals surface area contributed by atoms with E-state index >= 15 is 0 Å². The summed E-state index contributed by atoms with van der Waals surface area (Å²) < 4.78 is 10.7. The highest BCUT2D eigenvalue weighted by Crippen LogP contribution is 2.21. The summed E-state index contributed by atoms with van der Waals surface area (Å²) in [6, 6.07) is 8.90. The van der Waals surface area contributed by atoms with Gasteiger partial charge in [-0.05, 0) is 37.6 Å². The van der Waals surface area contributed by atoms with Crippen molar-refractivity contribution in [2.75, 3.05) is 27.4 Å². The molecule has 2 rings (SSSR count). The monoisotopic (exact) mass is 235 g/mol. The molecule has 94 valence electrons. The summed E-state index contributed by atoms with van der Waals surface area (Å²) in [6.07, 6.45) is 2.17. The van der Waals surface area contributed by atoms with Crippen LogP contribution in [0.5, 0.6) is 5.75 Å². The van der Waals surface area contributed by atoms with Crippen LogP contribution in [0.15, 0.2) is 24.3 Å². The molecule has 1 aliphatic heterocycles. The van der Waals surface area contributed by atoms with Gasteiger partial charge in [-0.3, -0.25) is 0 Å². The van der Waals surface area contributed by atoms with Gasteiger partial charge in [0.25, 0.3) is 0 Å². The average Bonchev–Trinajstić information content (AvgIpc) is 2.40. The highest BCUT2D eigenvalue weighted by atomic mass is 16.5. The van der Waals surface area contributed by atoms with Gasteiger partial charge in [0.2, 0.25) is 0 Å². The minimum atomic E-state index is 0.571. The highest BCUT2D eigenvalue weighted by molar-refractivity contribution is 5.27. The molecule has 0 amide bonds. The van der Waals surface area contributed by atoms with Crippen LogP contribution in [0.2, 0.25) is 0 Å². The van der Waals surface area contributed by atoms with Gasteiger partial charge in [0.15, 0.2) is 0 Å². The molecule has 17 heavy (non-hydrogen) atoms. The van der Waals surface area contributed by atoms with E-state index in [0.29, 0.717) is 12.0 Å². The standard InChI is InChI=1S/C14H21NO2/c1-15-14-7-8-17-10-12(14)9-11-3-5-13(16-2)6-4-11/h3-6,12,14-15H,7-10H2,1-2H3/t12-,14-/m1/s1. The zero-order chi connectivity index (χ0) is 12.1. The lowest BCUT2D eigenvalue weighted by atomic mass is 9.89. The molecule has 3 heteroatoms. The summed E-state index contributed by atoms with van der Waals surface area (Å²) in [6.45, 7) is 1.74. The quantitative estimate of drug-likeness (QED) is 0.864. The summed E-state index contributed by atoms with van der Waals surface area (Å²) in [5.41, 5.74) is 1.35. The zero-order valence-electron chi connectivity index (χ0n) is 10.6. The van der Waals surface area contributed by atoms with Crippen LogP contribution in [0, 0.1) is 5.92 Å². The predicted molar refractivity (Wildman–Crippen MR) is 68.5 cm³/mol. The molecule has 3 nitrogen and oxygen atoms in total. The number of ether oxygens (including phenoxy) is 2. The molecular formula is C14H21NO2. The first-order valence-electron chi connectivity index (χ1n) is 6.21. The van der Waals surface area contributed by atoms with Gasteiger partial charge in [0, 0.05) is 18.6 Å². The van der Waals surface area contributed by atoms with Crippen LogP contribution in [-0.2, 0) is 11.2 Å². The fourth-order valence-corrected chi connectivity index (χ4v) is 2.44. The van der Waals surface area contributed by atoms with Gasteiger partial charge in [0.1, 0.15) is 5.75 Å². The van der Waals surface area contributed by atoms with Crippen molar-refractivity contribution < 1.29 is 9.47 Å².